The van der Waals surface area contributed by atoms with Crippen molar-refractivity contribution < 1.29 is 13.5 Å². The molecular formula is C25H24Cl2F2N2OS. The Hall–Kier alpha value is -2.15. The summed E-state index contributed by atoms with van der Waals surface area (Å²) in [5.41, 5.74) is 4.33. The van der Waals surface area contributed by atoms with Gasteiger partial charge in [0.15, 0.2) is 0 Å². The first-order valence-corrected chi connectivity index (χ1v) is 11.9. The second-order valence-electron chi connectivity index (χ2n) is 8.29. The number of thiocarbonyl (C=S) groups is 1. The molecule has 2 aromatic carbocycles. The molecule has 1 fully saturated rings. The third-order valence-corrected chi connectivity index (χ3v) is 6.97. The second kappa shape index (κ2) is 9.61. The lowest BCUT2D eigenvalue weighted by Crippen LogP contribution is -2.40. The van der Waals surface area contributed by atoms with Gasteiger partial charge in [-0.15, -0.1) is 0 Å². The Bertz CT molecular complexity index is 1170. The lowest BCUT2D eigenvalue weighted by Gasteiger charge is -2.29. The number of nitrogens with one attached hydrogen (secondary N) is 1. The minimum absolute atomic E-state index is 0.0663. The summed E-state index contributed by atoms with van der Waals surface area (Å²) in [6, 6.07) is 15.0. The summed E-state index contributed by atoms with van der Waals surface area (Å²) in [5, 5.41) is 4.38. The molecule has 174 valence electrons. The van der Waals surface area contributed by atoms with E-state index in [2.05, 4.69) is 9.88 Å². The van der Waals surface area contributed by atoms with Crippen LogP contribution in [0.3, 0.4) is 0 Å². The molecule has 1 aliphatic rings. The molecule has 0 bridgehead atoms. The lowest BCUT2D eigenvalue weighted by atomic mass is 9.92. The molecule has 33 heavy (non-hydrogen) atoms. The van der Waals surface area contributed by atoms with Crippen LogP contribution in [0.4, 0.5) is 8.78 Å². The average Bonchev–Trinajstić information content (AvgIpc) is 3.12. The van der Waals surface area contributed by atoms with Gasteiger partial charge in [0.1, 0.15) is 10.7 Å². The Morgan fingerprint density at radius 1 is 1.09 bits per heavy atom. The van der Waals surface area contributed by atoms with Crippen molar-refractivity contribution in [3.8, 4) is 22.7 Å². The largest absolute Gasteiger partial charge is 0.497 e. The number of halogens is 4. The molecule has 1 aromatic heterocycles. The maximum absolute atomic E-state index is 13.6. The summed E-state index contributed by atoms with van der Waals surface area (Å²) in [7, 11) is 1.62. The summed E-state index contributed by atoms with van der Waals surface area (Å²) < 4.78 is 34.5. The van der Waals surface area contributed by atoms with E-state index in [4.69, 9.17) is 40.2 Å². The number of benzene rings is 2. The van der Waals surface area contributed by atoms with Crippen LogP contribution < -0.4 is 10.1 Å². The van der Waals surface area contributed by atoms with E-state index in [9.17, 15) is 8.78 Å². The predicted octanol–water partition coefficient (Wildman–Crippen LogP) is 7.61. The van der Waals surface area contributed by atoms with Gasteiger partial charge in [-0.05, 0) is 68.3 Å². The number of ether oxygens (including phenoxy) is 1. The molecule has 0 aliphatic heterocycles. The first-order chi connectivity index (χ1) is 15.7. The van der Waals surface area contributed by atoms with Crippen molar-refractivity contribution in [3.63, 3.8) is 0 Å². The minimum atomic E-state index is -2.58. The lowest BCUT2D eigenvalue weighted by molar-refractivity contribution is -0.0389. The van der Waals surface area contributed by atoms with E-state index in [1.807, 2.05) is 43.3 Å². The first-order valence-electron chi connectivity index (χ1n) is 10.7. The number of alkyl halides is 2. The summed E-state index contributed by atoms with van der Waals surface area (Å²) in [5.74, 6) is -1.83. The van der Waals surface area contributed by atoms with E-state index in [1.165, 1.54) is 0 Å². The number of hydrogen-bond donors (Lipinski definition) is 1. The standard InChI is InChI=1S/C25H24Cl2F2N2OS/c1-15-21(24(33)30-17-9-11-25(28,29)12-10-17)14-23(20-8-3-16(26)13-22(20)27)31(15)18-4-6-19(32-2)7-5-18/h3-8,13-14,17H,9-12H2,1-2H3,(H,30,33). The third-order valence-electron chi connectivity index (χ3n) is 6.08. The van der Waals surface area contributed by atoms with Crippen LogP contribution in [0.5, 0.6) is 5.75 Å². The van der Waals surface area contributed by atoms with Crippen molar-refractivity contribution in [2.45, 2.75) is 44.6 Å². The van der Waals surface area contributed by atoms with Gasteiger partial charge in [-0.2, -0.15) is 0 Å². The fourth-order valence-corrected chi connectivity index (χ4v) is 5.12. The van der Waals surface area contributed by atoms with Gasteiger partial charge in [-0.3, -0.25) is 0 Å². The molecule has 0 radical (unpaired) electrons. The molecule has 0 amide bonds. The van der Waals surface area contributed by atoms with E-state index < -0.39 is 5.92 Å². The van der Waals surface area contributed by atoms with Crippen LogP contribution in [0.15, 0.2) is 48.5 Å². The van der Waals surface area contributed by atoms with Crippen molar-refractivity contribution in [2.24, 2.45) is 0 Å². The summed E-state index contributed by atoms with van der Waals surface area (Å²) >= 11 is 18.4. The maximum Gasteiger partial charge on any atom is 0.248 e. The highest BCUT2D eigenvalue weighted by Gasteiger charge is 2.35. The van der Waals surface area contributed by atoms with E-state index >= 15 is 0 Å². The highest BCUT2D eigenvalue weighted by Crippen LogP contribution is 2.37. The minimum Gasteiger partial charge on any atom is -0.497 e. The van der Waals surface area contributed by atoms with Crippen LogP contribution >= 0.6 is 35.4 Å². The van der Waals surface area contributed by atoms with Gasteiger partial charge in [0, 0.05) is 46.4 Å². The average molecular weight is 509 g/mol. The quantitative estimate of drug-likeness (QED) is 0.359. The Morgan fingerprint density at radius 3 is 2.36 bits per heavy atom. The number of hydrogen-bond acceptors (Lipinski definition) is 2. The Labute approximate surface area is 207 Å². The SMILES string of the molecule is COc1ccc(-n2c(-c3ccc(Cl)cc3Cl)cc(C(=S)NC3CCC(F)(F)CC3)c2C)cc1. The Balaban J connectivity index is 1.74. The molecule has 0 unspecified atom stereocenters. The van der Waals surface area contributed by atoms with Crippen molar-refractivity contribution in [1.29, 1.82) is 0 Å². The molecule has 1 aliphatic carbocycles. The molecule has 8 heteroatoms. The molecule has 1 heterocycles. The number of methoxy groups -OCH3 is 1. The molecule has 0 spiro atoms. The fourth-order valence-electron chi connectivity index (χ4n) is 4.24. The molecule has 3 aromatic rings. The number of rotatable bonds is 5. The van der Waals surface area contributed by atoms with Gasteiger partial charge in [0.05, 0.1) is 17.8 Å². The van der Waals surface area contributed by atoms with Gasteiger partial charge < -0.3 is 14.6 Å². The molecule has 0 saturated heterocycles. The second-order valence-corrected chi connectivity index (χ2v) is 9.54. The summed E-state index contributed by atoms with van der Waals surface area (Å²) in [6.45, 7) is 1.98. The van der Waals surface area contributed by atoms with Crippen molar-refractivity contribution >= 4 is 40.4 Å². The van der Waals surface area contributed by atoms with E-state index in [-0.39, 0.29) is 18.9 Å². The van der Waals surface area contributed by atoms with Crippen LogP contribution in [0, 0.1) is 6.92 Å². The topological polar surface area (TPSA) is 26.2 Å². The highest BCUT2D eigenvalue weighted by atomic mass is 35.5. The zero-order valence-electron chi connectivity index (χ0n) is 18.3. The smallest absolute Gasteiger partial charge is 0.248 e. The molecule has 1 saturated carbocycles. The molecule has 0 atom stereocenters. The van der Waals surface area contributed by atoms with Crippen molar-refractivity contribution in [1.82, 2.24) is 9.88 Å². The number of aromatic nitrogens is 1. The molecule has 1 N–H and O–H groups in total. The van der Waals surface area contributed by atoms with Gasteiger partial charge in [-0.1, -0.05) is 35.4 Å². The third kappa shape index (κ3) is 5.18. The van der Waals surface area contributed by atoms with Gasteiger partial charge in [-0.25, -0.2) is 8.78 Å². The first kappa shape index (κ1) is 24.0. The van der Waals surface area contributed by atoms with Gasteiger partial charge in [0.2, 0.25) is 5.92 Å². The number of nitrogens with zero attached hydrogens (tertiary/aromatic N) is 1. The van der Waals surface area contributed by atoms with E-state index in [0.717, 1.165) is 34.0 Å². The molecular weight excluding hydrogens is 485 g/mol. The van der Waals surface area contributed by atoms with Gasteiger partial charge >= 0.3 is 0 Å². The maximum atomic E-state index is 13.6. The van der Waals surface area contributed by atoms with E-state index in [0.29, 0.717) is 27.9 Å². The fraction of sp³-hybridized carbons (Fsp3) is 0.320. The molecule has 3 nitrogen and oxygen atoms in total. The monoisotopic (exact) mass is 508 g/mol. The normalized spacial score (nSPS) is 15.9. The molecule has 4 rings (SSSR count). The summed E-state index contributed by atoms with van der Waals surface area (Å²) in [6.07, 6.45) is 0.540. The van der Waals surface area contributed by atoms with Crippen molar-refractivity contribution in [2.75, 3.05) is 7.11 Å². The van der Waals surface area contributed by atoms with Crippen LogP contribution in [-0.4, -0.2) is 28.6 Å². The zero-order valence-corrected chi connectivity index (χ0v) is 20.6. The summed E-state index contributed by atoms with van der Waals surface area (Å²) in [4.78, 5) is 0.543. The highest BCUT2D eigenvalue weighted by molar-refractivity contribution is 7.80. The van der Waals surface area contributed by atoms with Crippen LogP contribution in [0.25, 0.3) is 16.9 Å². The van der Waals surface area contributed by atoms with Crippen LogP contribution in [-0.2, 0) is 0 Å². The Kier molecular flexibility index (Phi) is 6.99. The predicted molar refractivity (Wildman–Crippen MR) is 135 cm³/mol. The van der Waals surface area contributed by atoms with Gasteiger partial charge in [0.25, 0.3) is 0 Å². The van der Waals surface area contributed by atoms with E-state index in [1.54, 1.807) is 19.2 Å². The van der Waals surface area contributed by atoms with Crippen LogP contribution in [0.1, 0.15) is 36.9 Å². The van der Waals surface area contributed by atoms with Crippen molar-refractivity contribution in [3.05, 3.63) is 69.8 Å². The Morgan fingerprint density at radius 2 is 1.76 bits per heavy atom. The van der Waals surface area contributed by atoms with Crippen LogP contribution in [0.2, 0.25) is 10.0 Å². The zero-order chi connectivity index (χ0) is 23.8.